The first kappa shape index (κ1) is 12.1. The van der Waals surface area contributed by atoms with Crippen molar-refractivity contribution in [1.29, 1.82) is 5.41 Å². The van der Waals surface area contributed by atoms with Crippen molar-refractivity contribution in [3.05, 3.63) is 23.5 Å². The Hall–Kier alpha value is -1.40. The first-order chi connectivity index (χ1) is 8.06. The number of nitrogens with two attached hydrogens (primary N) is 1. The van der Waals surface area contributed by atoms with Crippen molar-refractivity contribution < 1.29 is 0 Å². The molecule has 0 saturated heterocycles. The summed E-state index contributed by atoms with van der Waals surface area (Å²) in [5.41, 5.74) is 6.46. The van der Waals surface area contributed by atoms with Gasteiger partial charge in [0.1, 0.15) is 0 Å². The lowest BCUT2D eigenvalue weighted by molar-refractivity contribution is 0.252. The van der Waals surface area contributed by atoms with Crippen molar-refractivity contribution in [3.8, 4) is 0 Å². The molecule has 92 valence electrons. The Kier molecular flexibility index (Phi) is 3.44. The van der Waals surface area contributed by atoms with E-state index >= 15 is 0 Å². The van der Waals surface area contributed by atoms with Crippen LogP contribution in [-0.2, 0) is 6.54 Å². The van der Waals surface area contributed by atoms with Gasteiger partial charge in [-0.2, -0.15) is 0 Å². The minimum Gasteiger partial charge on any atom is -0.388 e. The van der Waals surface area contributed by atoms with Crippen molar-refractivity contribution in [2.75, 3.05) is 7.05 Å². The standard InChI is InChI=1S/C11H17N5S/c1-8(5-10(12)13)15(2)6-9-7-16-3-4-17-11(16)14-9/h3-4,7-8H,5-6H2,1-2H3,(H3,12,13). The molecule has 2 aromatic heterocycles. The molecule has 0 spiro atoms. The summed E-state index contributed by atoms with van der Waals surface area (Å²) in [5.74, 6) is 0.232. The zero-order valence-corrected chi connectivity index (χ0v) is 10.9. The van der Waals surface area contributed by atoms with E-state index in [1.165, 1.54) is 0 Å². The first-order valence-corrected chi connectivity index (χ1v) is 6.38. The quantitative estimate of drug-likeness (QED) is 0.625. The molecule has 1 unspecified atom stereocenters. The summed E-state index contributed by atoms with van der Waals surface area (Å²) in [7, 11) is 2.03. The van der Waals surface area contributed by atoms with Gasteiger partial charge in [0.25, 0.3) is 0 Å². The molecule has 2 heterocycles. The van der Waals surface area contributed by atoms with Gasteiger partial charge in [-0.3, -0.25) is 14.7 Å². The number of fused-ring (bicyclic) bond motifs is 1. The fourth-order valence-corrected chi connectivity index (χ4v) is 2.46. The zero-order chi connectivity index (χ0) is 12.4. The van der Waals surface area contributed by atoms with E-state index in [-0.39, 0.29) is 11.9 Å². The number of amidine groups is 1. The highest BCUT2D eigenvalue weighted by Crippen LogP contribution is 2.13. The van der Waals surface area contributed by atoms with Crippen LogP contribution >= 0.6 is 11.3 Å². The molecule has 3 N–H and O–H groups in total. The molecule has 0 fully saturated rings. The van der Waals surface area contributed by atoms with Crippen LogP contribution in [0.15, 0.2) is 17.8 Å². The van der Waals surface area contributed by atoms with E-state index < -0.39 is 0 Å². The highest BCUT2D eigenvalue weighted by Gasteiger charge is 2.12. The molecule has 17 heavy (non-hydrogen) atoms. The van der Waals surface area contributed by atoms with E-state index in [0.29, 0.717) is 6.42 Å². The predicted octanol–water partition coefficient (Wildman–Crippen LogP) is 1.54. The van der Waals surface area contributed by atoms with Gasteiger partial charge >= 0.3 is 0 Å². The van der Waals surface area contributed by atoms with E-state index in [9.17, 15) is 0 Å². The molecule has 0 saturated carbocycles. The first-order valence-electron chi connectivity index (χ1n) is 5.50. The monoisotopic (exact) mass is 251 g/mol. The Labute approximate surface area is 104 Å². The number of aromatic nitrogens is 2. The van der Waals surface area contributed by atoms with Crippen molar-refractivity contribution >= 4 is 22.1 Å². The molecule has 6 heteroatoms. The van der Waals surface area contributed by atoms with Gasteiger partial charge in [-0.05, 0) is 14.0 Å². The normalized spacial score (nSPS) is 13.4. The third kappa shape index (κ3) is 2.83. The smallest absolute Gasteiger partial charge is 0.193 e. The molecule has 0 radical (unpaired) electrons. The van der Waals surface area contributed by atoms with Crippen LogP contribution in [0.3, 0.4) is 0 Å². The molecular weight excluding hydrogens is 234 g/mol. The summed E-state index contributed by atoms with van der Waals surface area (Å²) in [6, 6.07) is 0.257. The second kappa shape index (κ2) is 4.85. The second-order valence-electron chi connectivity index (χ2n) is 4.32. The van der Waals surface area contributed by atoms with Gasteiger partial charge in [-0.25, -0.2) is 4.98 Å². The van der Waals surface area contributed by atoms with Gasteiger partial charge in [0, 0.05) is 36.8 Å². The third-order valence-electron chi connectivity index (χ3n) is 2.82. The summed E-state index contributed by atoms with van der Waals surface area (Å²) in [4.78, 5) is 7.71. The van der Waals surface area contributed by atoms with Gasteiger partial charge in [0.05, 0.1) is 11.5 Å². The van der Waals surface area contributed by atoms with Gasteiger partial charge in [-0.15, -0.1) is 11.3 Å². The Morgan fingerprint density at radius 1 is 1.71 bits per heavy atom. The van der Waals surface area contributed by atoms with Crippen molar-refractivity contribution in [2.24, 2.45) is 5.73 Å². The average Bonchev–Trinajstić information content (AvgIpc) is 2.76. The van der Waals surface area contributed by atoms with Gasteiger partial charge in [-0.1, -0.05) is 0 Å². The Morgan fingerprint density at radius 3 is 3.12 bits per heavy atom. The lowest BCUT2D eigenvalue weighted by Gasteiger charge is -2.23. The molecule has 0 aliphatic heterocycles. The Morgan fingerprint density at radius 2 is 2.47 bits per heavy atom. The summed E-state index contributed by atoms with van der Waals surface area (Å²) in [6.07, 6.45) is 4.65. The van der Waals surface area contributed by atoms with Crippen LogP contribution in [0, 0.1) is 5.41 Å². The SMILES string of the molecule is CC(CC(=N)N)N(C)Cc1cn2ccsc2n1. The maximum absolute atomic E-state index is 7.29. The summed E-state index contributed by atoms with van der Waals surface area (Å²) < 4.78 is 2.03. The van der Waals surface area contributed by atoms with Crippen LogP contribution in [0.1, 0.15) is 19.0 Å². The number of thiazole rings is 1. The van der Waals surface area contributed by atoms with E-state index in [0.717, 1.165) is 17.2 Å². The van der Waals surface area contributed by atoms with Crippen LogP contribution in [0.25, 0.3) is 4.96 Å². The summed E-state index contributed by atoms with van der Waals surface area (Å²) in [5, 5.41) is 9.32. The fraction of sp³-hybridized carbons (Fsp3) is 0.455. The maximum atomic E-state index is 7.29. The summed E-state index contributed by atoms with van der Waals surface area (Å²) in [6.45, 7) is 2.85. The van der Waals surface area contributed by atoms with E-state index in [4.69, 9.17) is 11.1 Å². The second-order valence-corrected chi connectivity index (χ2v) is 5.19. The number of rotatable bonds is 5. The molecule has 0 bridgehead atoms. The highest BCUT2D eigenvalue weighted by molar-refractivity contribution is 7.15. The molecule has 0 aliphatic carbocycles. The van der Waals surface area contributed by atoms with Crippen LogP contribution in [0.4, 0.5) is 0 Å². The molecule has 5 nitrogen and oxygen atoms in total. The summed E-state index contributed by atoms with van der Waals surface area (Å²) >= 11 is 1.63. The van der Waals surface area contributed by atoms with Crippen LogP contribution < -0.4 is 5.73 Å². The minimum atomic E-state index is 0.232. The number of hydrogen-bond acceptors (Lipinski definition) is 4. The largest absolute Gasteiger partial charge is 0.388 e. The van der Waals surface area contributed by atoms with Crippen molar-refractivity contribution in [2.45, 2.75) is 25.9 Å². The van der Waals surface area contributed by atoms with Gasteiger partial charge in [0.15, 0.2) is 4.96 Å². The van der Waals surface area contributed by atoms with E-state index in [1.807, 2.05) is 29.2 Å². The molecular formula is C11H17N5S. The van der Waals surface area contributed by atoms with E-state index in [2.05, 4.69) is 16.8 Å². The Balaban J connectivity index is 2.00. The van der Waals surface area contributed by atoms with Crippen LogP contribution in [0.2, 0.25) is 0 Å². The molecule has 2 rings (SSSR count). The molecule has 0 aromatic carbocycles. The van der Waals surface area contributed by atoms with Crippen LogP contribution in [0.5, 0.6) is 0 Å². The maximum Gasteiger partial charge on any atom is 0.193 e. The Bertz CT molecular complexity index is 486. The molecule has 0 amide bonds. The molecule has 0 aliphatic rings. The number of nitrogens with one attached hydrogen (secondary N) is 1. The van der Waals surface area contributed by atoms with Gasteiger partial charge < -0.3 is 5.73 Å². The third-order valence-corrected chi connectivity index (χ3v) is 3.59. The van der Waals surface area contributed by atoms with Crippen molar-refractivity contribution in [3.63, 3.8) is 0 Å². The van der Waals surface area contributed by atoms with Crippen LogP contribution in [-0.4, -0.2) is 33.2 Å². The molecule has 1 atom stereocenters. The predicted molar refractivity (Wildman–Crippen MR) is 70.5 cm³/mol. The lowest BCUT2D eigenvalue weighted by Crippen LogP contribution is -2.32. The molecule has 2 aromatic rings. The number of nitrogens with zero attached hydrogens (tertiary/aromatic N) is 3. The minimum absolute atomic E-state index is 0.232. The number of imidazole rings is 1. The van der Waals surface area contributed by atoms with E-state index in [1.54, 1.807) is 11.3 Å². The zero-order valence-electron chi connectivity index (χ0n) is 10.1. The fourth-order valence-electron chi connectivity index (χ4n) is 1.74. The topological polar surface area (TPSA) is 70.4 Å². The average molecular weight is 251 g/mol. The van der Waals surface area contributed by atoms with Crippen molar-refractivity contribution in [1.82, 2.24) is 14.3 Å². The van der Waals surface area contributed by atoms with Gasteiger partial charge in [0.2, 0.25) is 0 Å². The lowest BCUT2D eigenvalue weighted by atomic mass is 10.2. The highest BCUT2D eigenvalue weighted by atomic mass is 32.1. The number of hydrogen-bond donors (Lipinski definition) is 2.